The van der Waals surface area contributed by atoms with Gasteiger partial charge in [-0.15, -0.1) is 0 Å². The predicted octanol–water partition coefficient (Wildman–Crippen LogP) is 2.89. The van der Waals surface area contributed by atoms with Crippen LogP contribution in [0.2, 0.25) is 0 Å². The number of nitrogens with zero attached hydrogens (tertiary/aromatic N) is 4. The number of ether oxygens (including phenoxy) is 1. The number of piperazine rings is 1. The molecule has 1 aliphatic heterocycles. The molecular weight excluding hydrogens is 366 g/mol. The molecule has 2 aromatic rings. The SMILES string of the molecule is CN=C(NCc1ccccc1OC1CCCC1)N1CCN(Cc2ccon2)CC1. The Balaban J connectivity index is 1.29. The molecule has 1 aromatic heterocycles. The van der Waals surface area contributed by atoms with E-state index in [2.05, 4.69) is 49.5 Å². The Labute approximate surface area is 172 Å². The Morgan fingerprint density at radius 3 is 2.69 bits per heavy atom. The van der Waals surface area contributed by atoms with Crippen molar-refractivity contribution in [1.29, 1.82) is 0 Å². The molecule has 2 fully saturated rings. The standard InChI is InChI=1S/C22H31N5O2/c1-23-22(27-13-11-26(12-14-27)17-19-10-15-28-25-19)24-16-18-6-2-5-9-21(18)29-20-7-3-4-8-20/h2,5-6,9-10,15,20H,3-4,7-8,11-14,16-17H2,1H3,(H,23,24). The lowest BCUT2D eigenvalue weighted by molar-refractivity contribution is 0.169. The summed E-state index contributed by atoms with van der Waals surface area (Å²) in [6, 6.07) is 10.3. The second kappa shape index (κ2) is 9.78. The summed E-state index contributed by atoms with van der Waals surface area (Å²) in [7, 11) is 1.85. The lowest BCUT2D eigenvalue weighted by Gasteiger charge is -2.36. The zero-order chi connectivity index (χ0) is 19.9. The van der Waals surface area contributed by atoms with Crippen LogP contribution in [0.4, 0.5) is 0 Å². The van der Waals surface area contributed by atoms with Crippen LogP contribution in [0, 0.1) is 0 Å². The number of para-hydroxylation sites is 1. The van der Waals surface area contributed by atoms with E-state index in [9.17, 15) is 0 Å². The molecule has 1 saturated heterocycles. The van der Waals surface area contributed by atoms with Crippen LogP contribution in [0.5, 0.6) is 5.75 Å². The summed E-state index contributed by atoms with van der Waals surface area (Å²) in [6.45, 7) is 5.40. The highest BCUT2D eigenvalue weighted by Crippen LogP contribution is 2.26. The van der Waals surface area contributed by atoms with E-state index in [4.69, 9.17) is 9.26 Å². The van der Waals surface area contributed by atoms with Crippen LogP contribution >= 0.6 is 0 Å². The van der Waals surface area contributed by atoms with Crippen LogP contribution in [-0.2, 0) is 13.1 Å². The summed E-state index contributed by atoms with van der Waals surface area (Å²) >= 11 is 0. The number of aliphatic imine (C=N–C) groups is 1. The highest BCUT2D eigenvalue weighted by atomic mass is 16.5. The predicted molar refractivity (Wildman–Crippen MR) is 113 cm³/mol. The van der Waals surface area contributed by atoms with E-state index in [0.717, 1.165) is 50.1 Å². The lowest BCUT2D eigenvalue weighted by Crippen LogP contribution is -2.52. The van der Waals surface area contributed by atoms with Gasteiger partial charge in [-0.3, -0.25) is 9.89 Å². The van der Waals surface area contributed by atoms with E-state index in [0.29, 0.717) is 12.6 Å². The first kappa shape index (κ1) is 19.8. The van der Waals surface area contributed by atoms with Crippen molar-refractivity contribution < 1.29 is 9.26 Å². The fraction of sp³-hybridized carbons (Fsp3) is 0.545. The quantitative estimate of drug-likeness (QED) is 0.597. The molecule has 0 unspecified atom stereocenters. The molecule has 0 amide bonds. The number of hydrogen-bond donors (Lipinski definition) is 1. The molecular formula is C22H31N5O2. The second-order valence-corrected chi connectivity index (χ2v) is 7.79. The monoisotopic (exact) mass is 397 g/mol. The topological polar surface area (TPSA) is 66.1 Å². The average Bonchev–Trinajstić information content (AvgIpc) is 3.45. The number of aromatic nitrogens is 1. The summed E-state index contributed by atoms with van der Waals surface area (Å²) < 4.78 is 11.2. The van der Waals surface area contributed by atoms with Gasteiger partial charge in [0.25, 0.3) is 0 Å². The number of guanidine groups is 1. The van der Waals surface area contributed by atoms with E-state index >= 15 is 0 Å². The van der Waals surface area contributed by atoms with Crippen LogP contribution in [0.1, 0.15) is 36.9 Å². The molecule has 7 heteroatoms. The first-order valence-corrected chi connectivity index (χ1v) is 10.6. The zero-order valence-corrected chi connectivity index (χ0v) is 17.2. The molecule has 7 nitrogen and oxygen atoms in total. The molecule has 0 atom stereocenters. The van der Waals surface area contributed by atoms with Crippen molar-refractivity contribution in [2.24, 2.45) is 4.99 Å². The minimum atomic E-state index is 0.369. The first-order valence-electron chi connectivity index (χ1n) is 10.6. The van der Waals surface area contributed by atoms with Crippen LogP contribution < -0.4 is 10.1 Å². The molecule has 0 spiro atoms. The Morgan fingerprint density at radius 2 is 1.97 bits per heavy atom. The van der Waals surface area contributed by atoms with Crippen molar-refractivity contribution >= 4 is 5.96 Å². The van der Waals surface area contributed by atoms with Gasteiger partial charge in [0.15, 0.2) is 5.96 Å². The normalized spacial score (nSPS) is 18.9. The third-order valence-electron chi connectivity index (χ3n) is 5.77. The molecule has 2 heterocycles. The number of hydrogen-bond acceptors (Lipinski definition) is 5. The summed E-state index contributed by atoms with van der Waals surface area (Å²) in [5.41, 5.74) is 2.17. The van der Waals surface area contributed by atoms with Gasteiger partial charge >= 0.3 is 0 Å². The Morgan fingerprint density at radius 1 is 1.17 bits per heavy atom. The zero-order valence-electron chi connectivity index (χ0n) is 17.2. The third-order valence-corrected chi connectivity index (χ3v) is 5.77. The minimum absolute atomic E-state index is 0.369. The van der Waals surface area contributed by atoms with Crippen molar-refractivity contribution in [3.63, 3.8) is 0 Å². The number of nitrogens with one attached hydrogen (secondary N) is 1. The molecule has 1 N–H and O–H groups in total. The summed E-state index contributed by atoms with van der Waals surface area (Å²) in [4.78, 5) is 9.22. The van der Waals surface area contributed by atoms with E-state index in [-0.39, 0.29) is 0 Å². The van der Waals surface area contributed by atoms with Gasteiger partial charge in [0, 0.05) is 57.9 Å². The smallest absolute Gasteiger partial charge is 0.194 e. The van der Waals surface area contributed by atoms with Crippen LogP contribution in [0.15, 0.2) is 46.1 Å². The van der Waals surface area contributed by atoms with Crippen molar-refractivity contribution in [1.82, 2.24) is 20.3 Å². The van der Waals surface area contributed by atoms with Gasteiger partial charge in [-0.25, -0.2) is 0 Å². The fourth-order valence-electron chi connectivity index (χ4n) is 4.12. The maximum atomic E-state index is 6.27. The van der Waals surface area contributed by atoms with Gasteiger partial charge in [0.2, 0.25) is 0 Å². The van der Waals surface area contributed by atoms with E-state index in [1.165, 1.54) is 31.2 Å². The molecule has 1 aliphatic carbocycles. The highest BCUT2D eigenvalue weighted by Gasteiger charge is 2.21. The van der Waals surface area contributed by atoms with Gasteiger partial charge in [0.05, 0.1) is 11.8 Å². The fourth-order valence-corrected chi connectivity index (χ4v) is 4.12. The molecule has 0 bridgehead atoms. The number of rotatable bonds is 6. The van der Waals surface area contributed by atoms with Crippen LogP contribution in [0.3, 0.4) is 0 Å². The number of benzene rings is 1. The minimum Gasteiger partial charge on any atom is -0.490 e. The molecule has 2 aliphatic rings. The van der Waals surface area contributed by atoms with E-state index in [1.807, 2.05) is 13.1 Å². The maximum absolute atomic E-state index is 6.27. The molecule has 29 heavy (non-hydrogen) atoms. The summed E-state index contributed by atoms with van der Waals surface area (Å²) in [6.07, 6.45) is 6.89. The van der Waals surface area contributed by atoms with Gasteiger partial charge in [-0.05, 0) is 31.7 Å². The first-order chi connectivity index (χ1) is 14.3. The highest BCUT2D eigenvalue weighted by molar-refractivity contribution is 5.80. The van der Waals surface area contributed by atoms with Crippen molar-refractivity contribution in [3.05, 3.63) is 47.9 Å². The molecule has 1 aromatic carbocycles. The molecule has 4 rings (SSSR count). The second-order valence-electron chi connectivity index (χ2n) is 7.79. The van der Waals surface area contributed by atoms with Crippen molar-refractivity contribution in [2.45, 2.75) is 44.9 Å². The Bertz CT molecular complexity index is 778. The summed E-state index contributed by atoms with van der Waals surface area (Å²) in [5, 5.41) is 7.54. The van der Waals surface area contributed by atoms with E-state index < -0.39 is 0 Å². The van der Waals surface area contributed by atoms with Crippen LogP contribution in [0.25, 0.3) is 0 Å². The molecule has 0 radical (unpaired) electrons. The average molecular weight is 398 g/mol. The molecule has 156 valence electrons. The van der Waals surface area contributed by atoms with Gasteiger partial charge in [-0.1, -0.05) is 23.4 Å². The Hall–Kier alpha value is -2.54. The summed E-state index contributed by atoms with van der Waals surface area (Å²) in [5.74, 6) is 1.95. The van der Waals surface area contributed by atoms with Crippen molar-refractivity contribution in [2.75, 3.05) is 33.2 Å². The third kappa shape index (κ3) is 5.29. The van der Waals surface area contributed by atoms with E-state index in [1.54, 1.807) is 6.26 Å². The molecule has 1 saturated carbocycles. The lowest BCUT2D eigenvalue weighted by atomic mass is 10.2. The van der Waals surface area contributed by atoms with Crippen LogP contribution in [-0.4, -0.2) is 60.2 Å². The van der Waals surface area contributed by atoms with Gasteiger partial charge in [-0.2, -0.15) is 0 Å². The van der Waals surface area contributed by atoms with Gasteiger partial charge < -0.3 is 19.5 Å². The largest absolute Gasteiger partial charge is 0.490 e. The van der Waals surface area contributed by atoms with Gasteiger partial charge in [0.1, 0.15) is 12.0 Å². The van der Waals surface area contributed by atoms with Crippen molar-refractivity contribution in [3.8, 4) is 5.75 Å². The maximum Gasteiger partial charge on any atom is 0.194 e. The Kier molecular flexibility index (Phi) is 6.67.